The molecule has 0 unspecified atom stereocenters. The number of likely N-dealkylation sites (tertiary alicyclic amines) is 1. The number of unbranched alkanes of at least 4 members (excludes halogenated alkanes) is 2. The number of halogens is 1. The number of hydrogen-bond acceptors (Lipinski definition) is 4. The molecular formula is C18H28ClN3O2. The molecule has 3 N–H and O–H groups in total. The fraction of sp³-hybridized carbons (Fsp3) is 0.611. The van der Waals surface area contributed by atoms with Crippen LogP contribution in [-0.2, 0) is 0 Å². The number of benzene rings is 1. The number of amides is 1. The van der Waals surface area contributed by atoms with Crippen molar-refractivity contribution in [1.29, 1.82) is 0 Å². The van der Waals surface area contributed by atoms with Crippen molar-refractivity contribution in [3.63, 3.8) is 0 Å². The van der Waals surface area contributed by atoms with Gasteiger partial charge in [-0.2, -0.15) is 0 Å². The number of carbonyl (C=O) groups is 1. The van der Waals surface area contributed by atoms with E-state index in [1.165, 1.54) is 52.4 Å². The minimum absolute atomic E-state index is 0.176. The summed E-state index contributed by atoms with van der Waals surface area (Å²) in [5.41, 5.74) is 6.56. The molecule has 0 atom stereocenters. The van der Waals surface area contributed by atoms with Crippen molar-refractivity contribution in [2.45, 2.75) is 38.5 Å². The molecule has 0 bridgehead atoms. The fourth-order valence-electron chi connectivity index (χ4n) is 3.03. The maximum absolute atomic E-state index is 12.3. The molecule has 0 radical (unpaired) electrons. The number of methoxy groups -OCH3 is 1. The highest BCUT2D eigenvalue weighted by molar-refractivity contribution is 6.33. The van der Waals surface area contributed by atoms with Gasteiger partial charge >= 0.3 is 0 Å². The van der Waals surface area contributed by atoms with Crippen molar-refractivity contribution in [2.24, 2.45) is 0 Å². The van der Waals surface area contributed by atoms with Crippen LogP contribution in [0.1, 0.15) is 48.9 Å². The average molecular weight is 354 g/mol. The Hall–Kier alpha value is -1.46. The van der Waals surface area contributed by atoms with Gasteiger partial charge in [0.25, 0.3) is 5.91 Å². The largest absolute Gasteiger partial charge is 0.496 e. The van der Waals surface area contributed by atoms with E-state index >= 15 is 0 Å². The lowest BCUT2D eigenvalue weighted by Crippen LogP contribution is -2.30. The molecule has 2 rings (SSSR count). The lowest BCUT2D eigenvalue weighted by Gasteiger charge is -2.26. The zero-order valence-corrected chi connectivity index (χ0v) is 15.2. The summed E-state index contributed by atoms with van der Waals surface area (Å²) in [7, 11) is 1.51. The van der Waals surface area contributed by atoms with Crippen LogP contribution in [0.2, 0.25) is 5.02 Å². The molecule has 1 fully saturated rings. The molecule has 0 aliphatic carbocycles. The van der Waals surface area contributed by atoms with E-state index in [1.807, 2.05) is 0 Å². The molecule has 0 saturated carbocycles. The summed E-state index contributed by atoms with van der Waals surface area (Å²) in [5, 5.41) is 3.29. The molecule has 1 aromatic rings. The van der Waals surface area contributed by atoms with Gasteiger partial charge in [0.05, 0.1) is 23.4 Å². The van der Waals surface area contributed by atoms with Crippen LogP contribution in [0.25, 0.3) is 0 Å². The van der Waals surface area contributed by atoms with Gasteiger partial charge in [0.2, 0.25) is 0 Å². The van der Waals surface area contributed by atoms with E-state index in [4.69, 9.17) is 22.1 Å². The number of anilines is 1. The zero-order valence-electron chi connectivity index (χ0n) is 14.4. The van der Waals surface area contributed by atoms with Gasteiger partial charge in [-0.3, -0.25) is 4.79 Å². The third-order valence-corrected chi connectivity index (χ3v) is 4.78. The third kappa shape index (κ3) is 5.56. The van der Waals surface area contributed by atoms with Crippen molar-refractivity contribution in [3.05, 3.63) is 22.7 Å². The molecule has 1 amide bonds. The van der Waals surface area contributed by atoms with Crippen LogP contribution in [-0.4, -0.2) is 44.1 Å². The number of rotatable bonds is 8. The molecule has 5 nitrogen and oxygen atoms in total. The normalized spacial score (nSPS) is 15.2. The fourth-order valence-corrected chi connectivity index (χ4v) is 3.20. The van der Waals surface area contributed by atoms with E-state index in [0.29, 0.717) is 28.6 Å². The molecule has 0 spiro atoms. The van der Waals surface area contributed by atoms with Crippen LogP contribution in [0, 0.1) is 0 Å². The Morgan fingerprint density at radius 3 is 2.71 bits per heavy atom. The molecular weight excluding hydrogens is 326 g/mol. The van der Waals surface area contributed by atoms with Gasteiger partial charge in [0.1, 0.15) is 5.75 Å². The van der Waals surface area contributed by atoms with E-state index < -0.39 is 0 Å². The van der Waals surface area contributed by atoms with Gasteiger partial charge < -0.3 is 20.7 Å². The first-order valence-electron chi connectivity index (χ1n) is 8.75. The van der Waals surface area contributed by atoms with Crippen molar-refractivity contribution >= 4 is 23.2 Å². The predicted octanol–water partition coefficient (Wildman–Crippen LogP) is 3.32. The predicted molar refractivity (Wildman–Crippen MR) is 98.9 cm³/mol. The van der Waals surface area contributed by atoms with Gasteiger partial charge in [-0.25, -0.2) is 0 Å². The van der Waals surface area contributed by atoms with E-state index in [-0.39, 0.29) is 5.91 Å². The molecule has 1 aliphatic rings. The number of nitrogens with two attached hydrogens (primary N) is 1. The number of piperidine rings is 1. The van der Waals surface area contributed by atoms with Crippen LogP contribution >= 0.6 is 11.6 Å². The minimum Gasteiger partial charge on any atom is -0.496 e. The van der Waals surface area contributed by atoms with E-state index in [1.54, 1.807) is 12.1 Å². The quantitative estimate of drug-likeness (QED) is 0.555. The summed E-state index contributed by atoms with van der Waals surface area (Å²) in [6.07, 6.45) is 7.33. The van der Waals surface area contributed by atoms with Gasteiger partial charge in [0.15, 0.2) is 0 Å². The maximum Gasteiger partial charge on any atom is 0.255 e. The number of nitrogens with zero attached hydrogens (tertiary/aromatic N) is 1. The molecule has 24 heavy (non-hydrogen) atoms. The second-order valence-corrected chi connectivity index (χ2v) is 6.70. The van der Waals surface area contributed by atoms with Gasteiger partial charge in [-0.1, -0.05) is 24.4 Å². The first-order chi connectivity index (χ1) is 11.6. The number of nitrogen functional groups attached to an aromatic ring is 1. The Kier molecular flexibility index (Phi) is 7.66. The number of nitrogens with one attached hydrogen (secondary N) is 1. The highest BCUT2D eigenvalue weighted by Crippen LogP contribution is 2.28. The number of ether oxygens (including phenoxy) is 1. The maximum atomic E-state index is 12.3. The lowest BCUT2D eigenvalue weighted by molar-refractivity contribution is 0.0950. The summed E-state index contributed by atoms with van der Waals surface area (Å²) < 4.78 is 5.21. The van der Waals surface area contributed by atoms with Crippen molar-refractivity contribution in [1.82, 2.24) is 10.2 Å². The first kappa shape index (κ1) is 18.9. The molecule has 1 aromatic carbocycles. The number of hydrogen-bond donors (Lipinski definition) is 2. The Morgan fingerprint density at radius 1 is 1.25 bits per heavy atom. The standard InChI is InChI=1S/C18H28ClN3O2/c1-24-17-13-16(20)15(19)12-14(17)18(23)21-8-4-2-5-9-22-10-6-3-7-11-22/h12-13H,2-11,20H2,1H3,(H,21,23). The van der Waals surface area contributed by atoms with Gasteiger partial charge in [-0.15, -0.1) is 0 Å². The van der Waals surface area contributed by atoms with Gasteiger partial charge in [-0.05, 0) is 51.4 Å². The van der Waals surface area contributed by atoms with Gasteiger partial charge in [0, 0.05) is 12.6 Å². The minimum atomic E-state index is -0.176. The third-order valence-electron chi connectivity index (χ3n) is 4.45. The Morgan fingerprint density at radius 2 is 2.00 bits per heavy atom. The van der Waals surface area contributed by atoms with Crippen molar-refractivity contribution < 1.29 is 9.53 Å². The molecule has 6 heteroatoms. The summed E-state index contributed by atoms with van der Waals surface area (Å²) in [4.78, 5) is 14.8. The smallest absolute Gasteiger partial charge is 0.255 e. The van der Waals surface area contributed by atoms with Crippen LogP contribution in [0.3, 0.4) is 0 Å². The van der Waals surface area contributed by atoms with Crippen molar-refractivity contribution in [3.8, 4) is 5.75 Å². The van der Waals surface area contributed by atoms with Crippen LogP contribution in [0.5, 0.6) is 5.75 Å². The molecule has 1 heterocycles. The SMILES string of the molecule is COc1cc(N)c(Cl)cc1C(=O)NCCCCCN1CCCCC1. The Bertz CT molecular complexity index is 545. The summed E-state index contributed by atoms with van der Waals surface area (Å²) >= 11 is 6.00. The highest BCUT2D eigenvalue weighted by Gasteiger charge is 2.14. The Balaban J connectivity index is 1.68. The summed E-state index contributed by atoms with van der Waals surface area (Å²) in [6, 6.07) is 3.14. The summed E-state index contributed by atoms with van der Waals surface area (Å²) in [6.45, 7) is 4.32. The highest BCUT2D eigenvalue weighted by atomic mass is 35.5. The topological polar surface area (TPSA) is 67.6 Å². The van der Waals surface area contributed by atoms with Crippen LogP contribution in [0.15, 0.2) is 12.1 Å². The molecule has 1 saturated heterocycles. The second kappa shape index (κ2) is 9.74. The Labute approximate surface area is 149 Å². The molecule has 1 aliphatic heterocycles. The van der Waals surface area contributed by atoms with Crippen LogP contribution in [0.4, 0.5) is 5.69 Å². The van der Waals surface area contributed by atoms with Crippen LogP contribution < -0.4 is 15.8 Å². The second-order valence-electron chi connectivity index (χ2n) is 6.29. The van der Waals surface area contributed by atoms with E-state index in [9.17, 15) is 4.79 Å². The molecule has 134 valence electrons. The van der Waals surface area contributed by atoms with Crippen molar-refractivity contribution in [2.75, 3.05) is 39.0 Å². The lowest BCUT2D eigenvalue weighted by atomic mass is 10.1. The first-order valence-corrected chi connectivity index (χ1v) is 9.13. The summed E-state index contributed by atoms with van der Waals surface area (Å²) in [5.74, 6) is 0.268. The van der Waals surface area contributed by atoms with E-state index in [2.05, 4.69) is 10.2 Å². The average Bonchev–Trinajstić information content (AvgIpc) is 2.60. The number of carbonyl (C=O) groups excluding carboxylic acids is 1. The monoisotopic (exact) mass is 353 g/mol. The molecule has 0 aromatic heterocycles. The van der Waals surface area contributed by atoms with E-state index in [0.717, 1.165) is 12.8 Å². The zero-order chi connectivity index (χ0) is 17.4.